The normalized spacial score (nSPS) is 14.6. The fourth-order valence-corrected chi connectivity index (χ4v) is 2.24. The summed E-state index contributed by atoms with van der Waals surface area (Å²) in [4.78, 5) is 14.9. The van der Waals surface area contributed by atoms with Crippen molar-refractivity contribution < 1.29 is 0 Å². The summed E-state index contributed by atoms with van der Waals surface area (Å²) in [7, 11) is 0. The summed E-state index contributed by atoms with van der Waals surface area (Å²) < 4.78 is 0. The first-order valence-electron chi connectivity index (χ1n) is 6.61. The van der Waals surface area contributed by atoms with E-state index in [1.54, 1.807) is 12.5 Å². The molecule has 1 N–H and O–H groups in total. The molecule has 98 valence electrons. The number of nitrogens with zero attached hydrogens (tertiary/aromatic N) is 4. The summed E-state index contributed by atoms with van der Waals surface area (Å²) >= 11 is 0. The monoisotopic (exact) mass is 255 g/mol. The molecule has 2 aromatic heterocycles. The van der Waals surface area contributed by atoms with Crippen LogP contribution in [-0.4, -0.2) is 28.0 Å². The van der Waals surface area contributed by atoms with Crippen LogP contribution in [-0.2, 0) is 6.54 Å². The molecule has 1 saturated heterocycles. The van der Waals surface area contributed by atoms with Crippen molar-refractivity contribution >= 4 is 11.5 Å². The van der Waals surface area contributed by atoms with Gasteiger partial charge in [0, 0.05) is 19.3 Å². The van der Waals surface area contributed by atoms with Crippen molar-refractivity contribution in [2.24, 2.45) is 0 Å². The molecule has 0 aromatic carbocycles. The van der Waals surface area contributed by atoms with E-state index >= 15 is 0 Å². The molecule has 0 unspecified atom stereocenters. The zero-order valence-electron chi connectivity index (χ0n) is 10.8. The highest BCUT2D eigenvalue weighted by Crippen LogP contribution is 2.19. The maximum absolute atomic E-state index is 4.50. The van der Waals surface area contributed by atoms with Gasteiger partial charge in [-0.05, 0) is 31.0 Å². The van der Waals surface area contributed by atoms with Crippen LogP contribution in [0.15, 0.2) is 36.9 Å². The van der Waals surface area contributed by atoms with E-state index in [1.807, 2.05) is 12.3 Å². The Morgan fingerprint density at radius 2 is 2.00 bits per heavy atom. The molecule has 3 rings (SSSR count). The first kappa shape index (κ1) is 11.9. The molecular formula is C14H17N5. The molecule has 1 fully saturated rings. The first-order valence-corrected chi connectivity index (χ1v) is 6.61. The van der Waals surface area contributed by atoms with Crippen molar-refractivity contribution in [1.82, 2.24) is 15.0 Å². The predicted molar refractivity (Wildman–Crippen MR) is 75.0 cm³/mol. The van der Waals surface area contributed by atoms with Crippen molar-refractivity contribution in [2.75, 3.05) is 23.3 Å². The molecule has 2 aromatic rings. The molecule has 0 saturated carbocycles. The Bertz CT molecular complexity index is 505. The van der Waals surface area contributed by atoms with Crippen LogP contribution >= 0.6 is 0 Å². The number of pyridine rings is 1. The van der Waals surface area contributed by atoms with Crippen LogP contribution in [0.1, 0.15) is 18.5 Å². The SMILES string of the molecule is c1cc(CNc2ccc(N3CCCC3)nc2)ncn1. The van der Waals surface area contributed by atoms with Crippen molar-refractivity contribution in [3.63, 3.8) is 0 Å². The summed E-state index contributed by atoms with van der Waals surface area (Å²) in [6, 6.07) is 6.05. The molecule has 0 aliphatic carbocycles. The van der Waals surface area contributed by atoms with Crippen LogP contribution in [0.3, 0.4) is 0 Å². The molecule has 0 spiro atoms. The minimum Gasteiger partial charge on any atom is -0.378 e. The Hall–Kier alpha value is -2.17. The van der Waals surface area contributed by atoms with Gasteiger partial charge >= 0.3 is 0 Å². The average Bonchev–Trinajstić information content (AvgIpc) is 3.01. The van der Waals surface area contributed by atoms with Crippen LogP contribution in [0.4, 0.5) is 11.5 Å². The van der Waals surface area contributed by atoms with Crippen LogP contribution in [0.25, 0.3) is 0 Å². The summed E-state index contributed by atoms with van der Waals surface area (Å²) in [6.45, 7) is 2.94. The molecule has 5 nitrogen and oxygen atoms in total. The molecule has 0 radical (unpaired) electrons. The number of nitrogens with one attached hydrogen (secondary N) is 1. The van der Waals surface area contributed by atoms with E-state index in [4.69, 9.17) is 0 Å². The molecule has 0 amide bonds. The fraction of sp³-hybridized carbons (Fsp3) is 0.357. The molecule has 0 atom stereocenters. The van der Waals surface area contributed by atoms with E-state index in [2.05, 4.69) is 37.3 Å². The Kier molecular flexibility index (Phi) is 3.54. The Labute approximate surface area is 112 Å². The highest BCUT2D eigenvalue weighted by atomic mass is 15.2. The van der Waals surface area contributed by atoms with Crippen molar-refractivity contribution in [3.8, 4) is 0 Å². The Balaban J connectivity index is 1.60. The minimum absolute atomic E-state index is 0.688. The van der Waals surface area contributed by atoms with Gasteiger partial charge in [-0.2, -0.15) is 0 Å². The van der Waals surface area contributed by atoms with Crippen molar-refractivity contribution in [2.45, 2.75) is 19.4 Å². The molecule has 3 heterocycles. The molecular weight excluding hydrogens is 238 g/mol. The van der Waals surface area contributed by atoms with E-state index in [0.717, 1.165) is 30.3 Å². The van der Waals surface area contributed by atoms with E-state index in [1.165, 1.54) is 12.8 Å². The maximum Gasteiger partial charge on any atom is 0.128 e. The number of anilines is 2. The lowest BCUT2D eigenvalue weighted by atomic mass is 10.3. The highest BCUT2D eigenvalue weighted by Gasteiger charge is 2.12. The van der Waals surface area contributed by atoms with E-state index in [9.17, 15) is 0 Å². The van der Waals surface area contributed by atoms with Gasteiger partial charge in [0.1, 0.15) is 12.1 Å². The van der Waals surface area contributed by atoms with Gasteiger partial charge in [-0.15, -0.1) is 0 Å². The predicted octanol–water partition coefficient (Wildman–Crippen LogP) is 2.08. The van der Waals surface area contributed by atoms with Gasteiger partial charge in [-0.3, -0.25) is 0 Å². The van der Waals surface area contributed by atoms with Gasteiger partial charge in [0.05, 0.1) is 24.1 Å². The van der Waals surface area contributed by atoms with Gasteiger partial charge in [-0.25, -0.2) is 15.0 Å². The van der Waals surface area contributed by atoms with Crippen LogP contribution in [0, 0.1) is 0 Å². The van der Waals surface area contributed by atoms with Crippen molar-refractivity contribution in [1.29, 1.82) is 0 Å². The number of hydrogen-bond donors (Lipinski definition) is 1. The second-order valence-electron chi connectivity index (χ2n) is 4.65. The van der Waals surface area contributed by atoms with Crippen LogP contribution < -0.4 is 10.2 Å². The summed E-state index contributed by atoms with van der Waals surface area (Å²) in [5.74, 6) is 1.07. The average molecular weight is 255 g/mol. The molecule has 19 heavy (non-hydrogen) atoms. The molecule has 1 aliphatic heterocycles. The summed E-state index contributed by atoms with van der Waals surface area (Å²) in [5, 5.41) is 3.31. The maximum atomic E-state index is 4.50. The summed E-state index contributed by atoms with van der Waals surface area (Å²) in [6.07, 6.45) is 7.74. The Morgan fingerprint density at radius 3 is 2.68 bits per heavy atom. The quantitative estimate of drug-likeness (QED) is 0.906. The zero-order valence-corrected chi connectivity index (χ0v) is 10.8. The van der Waals surface area contributed by atoms with E-state index < -0.39 is 0 Å². The number of aromatic nitrogens is 3. The van der Waals surface area contributed by atoms with Crippen LogP contribution in [0.5, 0.6) is 0 Å². The highest BCUT2D eigenvalue weighted by molar-refractivity contribution is 5.49. The first-order chi connectivity index (χ1) is 9.42. The van der Waals surface area contributed by atoms with E-state index in [-0.39, 0.29) is 0 Å². The smallest absolute Gasteiger partial charge is 0.128 e. The lowest BCUT2D eigenvalue weighted by Gasteiger charge is -2.16. The topological polar surface area (TPSA) is 53.9 Å². The molecule has 0 bridgehead atoms. The second-order valence-corrected chi connectivity index (χ2v) is 4.65. The van der Waals surface area contributed by atoms with Crippen molar-refractivity contribution in [3.05, 3.63) is 42.6 Å². The van der Waals surface area contributed by atoms with Gasteiger partial charge in [0.15, 0.2) is 0 Å². The standard InChI is InChI=1S/C14H17N5/c1-2-8-19(7-1)14-4-3-12(10-17-14)16-9-13-5-6-15-11-18-13/h3-6,10-11,16H,1-2,7-9H2. The van der Waals surface area contributed by atoms with E-state index in [0.29, 0.717) is 6.54 Å². The molecule has 5 heteroatoms. The second kappa shape index (κ2) is 5.65. The van der Waals surface area contributed by atoms with Gasteiger partial charge in [0.2, 0.25) is 0 Å². The Morgan fingerprint density at radius 1 is 1.11 bits per heavy atom. The summed E-state index contributed by atoms with van der Waals surface area (Å²) in [5.41, 5.74) is 1.99. The number of rotatable bonds is 4. The third-order valence-corrected chi connectivity index (χ3v) is 3.29. The lowest BCUT2D eigenvalue weighted by Crippen LogP contribution is -2.18. The number of hydrogen-bond acceptors (Lipinski definition) is 5. The van der Waals surface area contributed by atoms with Gasteiger partial charge in [0.25, 0.3) is 0 Å². The van der Waals surface area contributed by atoms with Gasteiger partial charge in [-0.1, -0.05) is 0 Å². The minimum atomic E-state index is 0.688. The third kappa shape index (κ3) is 2.99. The third-order valence-electron chi connectivity index (χ3n) is 3.29. The van der Waals surface area contributed by atoms with Gasteiger partial charge < -0.3 is 10.2 Å². The largest absolute Gasteiger partial charge is 0.378 e. The lowest BCUT2D eigenvalue weighted by molar-refractivity contribution is 0.936. The van der Waals surface area contributed by atoms with Crippen LogP contribution in [0.2, 0.25) is 0 Å². The fourth-order valence-electron chi connectivity index (χ4n) is 2.24. The molecule has 1 aliphatic rings. The zero-order chi connectivity index (χ0) is 12.9.